The van der Waals surface area contributed by atoms with Gasteiger partial charge >= 0.3 is 0 Å². The van der Waals surface area contributed by atoms with Crippen LogP contribution in [0, 0.1) is 0 Å². The van der Waals surface area contributed by atoms with Gasteiger partial charge in [0.2, 0.25) is 0 Å². The molecule has 4 heterocycles. The first-order valence-corrected chi connectivity index (χ1v) is 24.0. The molecule has 72 heavy (non-hydrogen) atoms. The summed E-state index contributed by atoms with van der Waals surface area (Å²) in [6.07, 6.45) is 0. The van der Waals surface area contributed by atoms with Crippen LogP contribution in [0.2, 0.25) is 0 Å². The lowest BCUT2D eigenvalue weighted by Crippen LogP contribution is -2.00. The fourth-order valence-corrected chi connectivity index (χ4v) is 10.0. The quantitative estimate of drug-likeness (QED) is 0.150. The van der Waals surface area contributed by atoms with E-state index in [1.807, 2.05) is 91.0 Å². The molecule has 14 aromatic rings. The summed E-state index contributed by atoms with van der Waals surface area (Å²) in [6, 6.07) is 81.0. The number of hydrogen-bond donors (Lipinski definition) is 0. The lowest BCUT2D eigenvalue weighted by atomic mass is 9.98. The molecule has 0 aliphatic carbocycles. The number of benzene rings is 10. The van der Waals surface area contributed by atoms with E-state index in [0.717, 1.165) is 122 Å². The van der Waals surface area contributed by atoms with Crippen molar-refractivity contribution in [3.63, 3.8) is 0 Å². The summed E-state index contributed by atoms with van der Waals surface area (Å²) in [5.41, 5.74) is 14.4. The van der Waals surface area contributed by atoms with Gasteiger partial charge in [-0.1, -0.05) is 194 Å². The molecule has 7 heteroatoms. The molecule has 336 valence electrons. The van der Waals surface area contributed by atoms with Crippen LogP contribution in [-0.2, 0) is 0 Å². The van der Waals surface area contributed by atoms with Crippen molar-refractivity contribution in [2.75, 3.05) is 0 Å². The van der Waals surface area contributed by atoms with Crippen molar-refractivity contribution in [3.05, 3.63) is 237 Å². The molecule has 10 aromatic carbocycles. The average molecular weight is 922 g/mol. The van der Waals surface area contributed by atoms with Crippen LogP contribution in [0.15, 0.2) is 245 Å². The molecule has 0 radical (unpaired) electrons. The minimum Gasteiger partial charge on any atom is -0.455 e. The summed E-state index contributed by atoms with van der Waals surface area (Å²) in [6.45, 7) is 0. The fraction of sp³-hybridized carbons (Fsp3) is 0. The lowest BCUT2D eigenvalue weighted by molar-refractivity contribution is 0.670. The van der Waals surface area contributed by atoms with Crippen LogP contribution in [0.5, 0.6) is 0 Å². The van der Waals surface area contributed by atoms with E-state index in [1.165, 1.54) is 0 Å². The van der Waals surface area contributed by atoms with E-state index in [0.29, 0.717) is 23.3 Å². The maximum Gasteiger partial charge on any atom is 0.167 e. The van der Waals surface area contributed by atoms with Gasteiger partial charge in [0, 0.05) is 60.3 Å². The molecule has 14 rings (SSSR count). The third kappa shape index (κ3) is 7.18. The van der Waals surface area contributed by atoms with Crippen molar-refractivity contribution in [3.8, 4) is 90.3 Å². The molecule has 0 amide bonds. The molecule has 0 N–H and O–H groups in total. The Morgan fingerprint density at radius 1 is 0.236 bits per heavy atom. The molecule has 0 bridgehead atoms. The molecule has 0 atom stereocenters. The van der Waals surface area contributed by atoms with Crippen molar-refractivity contribution >= 4 is 54.6 Å². The zero-order valence-electron chi connectivity index (χ0n) is 38.6. The Balaban J connectivity index is 0.865. The molecule has 0 saturated carbocycles. The highest BCUT2D eigenvalue weighted by molar-refractivity contribution is 6.15. The van der Waals surface area contributed by atoms with E-state index in [4.69, 9.17) is 33.8 Å². The summed E-state index contributed by atoms with van der Waals surface area (Å²) in [5.74, 6) is 2.29. The number of furan rings is 2. The zero-order valence-corrected chi connectivity index (χ0v) is 38.6. The highest BCUT2D eigenvalue weighted by Gasteiger charge is 2.21. The number of rotatable bonds is 8. The van der Waals surface area contributed by atoms with Crippen molar-refractivity contribution in [1.29, 1.82) is 0 Å². The predicted molar refractivity (Wildman–Crippen MR) is 291 cm³/mol. The number of para-hydroxylation sites is 2. The molecule has 4 aromatic heterocycles. The van der Waals surface area contributed by atoms with Gasteiger partial charge in [0.15, 0.2) is 23.3 Å². The zero-order chi connectivity index (χ0) is 47.5. The lowest BCUT2D eigenvalue weighted by Gasteiger charge is -2.12. The van der Waals surface area contributed by atoms with E-state index in [9.17, 15) is 0 Å². The van der Waals surface area contributed by atoms with Crippen LogP contribution in [0.1, 0.15) is 0 Å². The second-order valence-corrected chi connectivity index (χ2v) is 18.0. The number of aromatic nitrogens is 5. The molecule has 0 aliphatic rings. The molecular weight excluding hydrogens is 883 g/mol. The fourth-order valence-electron chi connectivity index (χ4n) is 10.0. The number of nitrogens with zero attached hydrogens (tertiary/aromatic N) is 5. The van der Waals surface area contributed by atoms with Crippen LogP contribution in [-0.4, -0.2) is 24.9 Å². The van der Waals surface area contributed by atoms with Crippen LogP contribution in [0.3, 0.4) is 0 Å². The molecule has 0 saturated heterocycles. The maximum atomic E-state index is 6.83. The first-order chi connectivity index (χ1) is 35.6. The Labute approximate surface area is 413 Å². The van der Waals surface area contributed by atoms with Crippen LogP contribution in [0.25, 0.3) is 145 Å². The Kier molecular flexibility index (Phi) is 9.70. The second kappa shape index (κ2) is 17.0. The van der Waals surface area contributed by atoms with Gasteiger partial charge in [-0.3, -0.25) is 0 Å². The first kappa shape index (κ1) is 41.2. The monoisotopic (exact) mass is 921 g/mol. The van der Waals surface area contributed by atoms with Crippen LogP contribution in [0.4, 0.5) is 0 Å². The van der Waals surface area contributed by atoms with Crippen molar-refractivity contribution in [1.82, 2.24) is 24.9 Å². The van der Waals surface area contributed by atoms with Crippen molar-refractivity contribution in [2.45, 2.75) is 0 Å². The molecule has 0 spiro atoms. The smallest absolute Gasteiger partial charge is 0.167 e. The van der Waals surface area contributed by atoms with E-state index in [-0.39, 0.29) is 0 Å². The minimum atomic E-state index is 0.527. The minimum absolute atomic E-state index is 0.527. The average Bonchev–Trinajstić information content (AvgIpc) is 4.05. The van der Waals surface area contributed by atoms with Crippen molar-refractivity contribution in [2.24, 2.45) is 0 Å². The first-order valence-electron chi connectivity index (χ1n) is 24.0. The van der Waals surface area contributed by atoms with Gasteiger partial charge in [-0.05, 0) is 64.5 Å². The molecular formula is C65H39N5O2. The predicted octanol–water partition coefficient (Wildman–Crippen LogP) is 16.9. The SMILES string of the molecule is c1ccc(-c2nc(-c3cccc(-c4cccc(-c5nc(-c6ccccc6)nc(-c6cccc7c6oc6c(-c8ccccc8)cccc67)n5)c4)c3)cc(-c3ccc4c(c3)oc3c5ccccc5ccc43)n2)cc1. The number of fused-ring (bicyclic) bond motifs is 8. The number of hydrogen-bond acceptors (Lipinski definition) is 7. The van der Waals surface area contributed by atoms with Crippen LogP contribution < -0.4 is 0 Å². The molecule has 0 unspecified atom stereocenters. The molecule has 0 fully saturated rings. The van der Waals surface area contributed by atoms with E-state index >= 15 is 0 Å². The Morgan fingerprint density at radius 2 is 0.708 bits per heavy atom. The van der Waals surface area contributed by atoms with E-state index in [1.54, 1.807) is 0 Å². The standard InChI is InChI=1S/C65H39N5O2/c1-4-16-40(17-5-1)50-28-14-29-52-53-30-15-31-55(61(53)72-60(50)52)65-69-63(43-21-8-3-9-22-43)68-64(70-65)48-26-13-24-45(37-48)44-23-12-25-46(36-44)56-39-57(67-62(66-56)42-19-6-2-7-20-42)47-33-34-51-54-35-32-41-18-10-11-27-49(41)59(54)71-58(51)38-47/h1-39H. The third-order valence-corrected chi connectivity index (χ3v) is 13.5. The van der Waals surface area contributed by atoms with Gasteiger partial charge in [0.1, 0.15) is 22.3 Å². The Hall–Kier alpha value is -9.85. The van der Waals surface area contributed by atoms with Gasteiger partial charge in [-0.25, -0.2) is 24.9 Å². The Bertz CT molecular complexity index is 4390. The van der Waals surface area contributed by atoms with Crippen LogP contribution >= 0.6 is 0 Å². The van der Waals surface area contributed by atoms with Gasteiger partial charge < -0.3 is 8.83 Å². The third-order valence-electron chi connectivity index (χ3n) is 13.5. The summed E-state index contributed by atoms with van der Waals surface area (Å²) in [7, 11) is 0. The summed E-state index contributed by atoms with van der Waals surface area (Å²) < 4.78 is 13.4. The topological polar surface area (TPSA) is 90.7 Å². The molecule has 7 nitrogen and oxygen atoms in total. The van der Waals surface area contributed by atoms with Gasteiger partial charge in [0.05, 0.1) is 17.0 Å². The largest absolute Gasteiger partial charge is 0.455 e. The van der Waals surface area contributed by atoms with Gasteiger partial charge in [-0.2, -0.15) is 0 Å². The maximum absolute atomic E-state index is 6.83. The van der Waals surface area contributed by atoms with Crippen molar-refractivity contribution < 1.29 is 8.83 Å². The summed E-state index contributed by atoms with van der Waals surface area (Å²) in [4.78, 5) is 25.8. The summed E-state index contributed by atoms with van der Waals surface area (Å²) >= 11 is 0. The highest BCUT2D eigenvalue weighted by atomic mass is 16.3. The Morgan fingerprint density at radius 3 is 1.42 bits per heavy atom. The highest BCUT2D eigenvalue weighted by Crippen LogP contribution is 2.41. The van der Waals surface area contributed by atoms with Gasteiger partial charge in [-0.15, -0.1) is 0 Å². The second-order valence-electron chi connectivity index (χ2n) is 18.0. The van der Waals surface area contributed by atoms with E-state index < -0.39 is 0 Å². The van der Waals surface area contributed by atoms with Gasteiger partial charge in [0.25, 0.3) is 0 Å². The normalized spacial score (nSPS) is 11.6. The molecule has 0 aliphatic heterocycles. The summed E-state index contributed by atoms with van der Waals surface area (Å²) in [5, 5.41) is 6.44. The van der Waals surface area contributed by atoms with E-state index in [2.05, 4.69) is 146 Å².